The summed E-state index contributed by atoms with van der Waals surface area (Å²) in [6, 6.07) is -1.24. The Morgan fingerprint density at radius 1 is 1.21 bits per heavy atom. The highest BCUT2D eigenvalue weighted by Crippen LogP contribution is 2.23. The van der Waals surface area contributed by atoms with Crippen LogP contribution in [0, 0.1) is 11.8 Å². The second-order valence-electron chi connectivity index (χ2n) is 8.04. The summed E-state index contributed by atoms with van der Waals surface area (Å²) in [5, 5.41) is 2.35. The molecular formula is C19H31NO8. The highest BCUT2D eigenvalue weighted by molar-refractivity contribution is 5.83. The van der Waals surface area contributed by atoms with Gasteiger partial charge in [-0.3, -0.25) is 9.59 Å². The lowest BCUT2D eigenvalue weighted by atomic mass is 9.95. The molecule has 160 valence electrons. The normalized spacial score (nSPS) is 26.3. The van der Waals surface area contributed by atoms with Crippen LogP contribution in [0.15, 0.2) is 0 Å². The molecule has 1 saturated heterocycles. The fourth-order valence-corrected chi connectivity index (χ4v) is 2.53. The zero-order valence-electron chi connectivity index (χ0n) is 17.6. The lowest BCUT2D eigenvalue weighted by molar-refractivity contribution is -0.176. The van der Waals surface area contributed by atoms with Gasteiger partial charge in [0, 0.05) is 0 Å². The van der Waals surface area contributed by atoms with E-state index >= 15 is 0 Å². The largest absolute Gasteiger partial charge is 0.463 e. The maximum Gasteiger partial charge on any atom is 0.408 e. The lowest BCUT2D eigenvalue weighted by Gasteiger charge is -2.29. The first-order valence-electron chi connectivity index (χ1n) is 9.42. The van der Waals surface area contributed by atoms with E-state index in [1.807, 2.05) is 0 Å². The van der Waals surface area contributed by atoms with Crippen LogP contribution in [0.2, 0.25) is 0 Å². The Morgan fingerprint density at radius 2 is 1.82 bits per heavy atom. The van der Waals surface area contributed by atoms with Crippen LogP contribution < -0.4 is 5.32 Å². The first-order valence-corrected chi connectivity index (χ1v) is 9.42. The molecule has 0 aromatic heterocycles. The van der Waals surface area contributed by atoms with Crippen LogP contribution in [0.3, 0.4) is 0 Å². The topological polar surface area (TPSA) is 117 Å². The predicted octanol–water partition coefficient (Wildman–Crippen LogP) is 1.96. The average Bonchev–Trinajstić information content (AvgIpc) is 2.58. The summed E-state index contributed by atoms with van der Waals surface area (Å²) in [6.45, 7) is 11.2. The molecule has 4 unspecified atom stereocenters. The van der Waals surface area contributed by atoms with Crippen molar-refractivity contribution in [1.29, 1.82) is 0 Å². The molecule has 1 aliphatic heterocycles. The van der Waals surface area contributed by atoms with Crippen LogP contribution in [0.4, 0.5) is 4.79 Å². The Balaban J connectivity index is 3.01. The standard InChI is InChI=1S/C19H31NO8/c1-8-12-14(27-15(21)10(2)3)11(4)26-17(23)13(9-25-16(12)22)20-18(24)28-19(5,6)7/h10-14H,8-9H2,1-7H3,(H,20,24). The maximum absolute atomic E-state index is 12.5. The van der Waals surface area contributed by atoms with E-state index in [4.69, 9.17) is 18.9 Å². The molecule has 0 bridgehead atoms. The van der Waals surface area contributed by atoms with Crippen LogP contribution in [0.1, 0.15) is 54.9 Å². The fourth-order valence-electron chi connectivity index (χ4n) is 2.53. The molecule has 0 aliphatic carbocycles. The molecule has 1 rings (SSSR count). The highest BCUT2D eigenvalue weighted by Gasteiger charge is 2.41. The van der Waals surface area contributed by atoms with Crippen molar-refractivity contribution in [3.8, 4) is 0 Å². The molecular weight excluding hydrogens is 370 g/mol. The third-order valence-corrected chi connectivity index (χ3v) is 4.00. The van der Waals surface area contributed by atoms with Gasteiger partial charge in [0.25, 0.3) is 0 Å². The van der Waals surface area contributed by atoms with Gasteiger partial charge in [-0.15, -0.1) is 0 Å². The summed E-state index contributed by atoms with van der Waals surface area (Å²) in [5.74, 6) is -3.17. The monoisotopic (exact) mass is 401 g/mol. The molecule has 0 spiro atoms. The lowest BCUT2D eigenvalue weighted by Crippen LogP contribution is -2.48. The number of ether oxygens (including phenoxy) is 4. The van der Waals surface area contributed by atoms with Gasteiger partial charge in [0.2, 0.25) is 0 Å². The summed E-state index contributed by atoms with van der Waals surface area (Å²) in [6.07, 6.45) is -2.42. The van der Waals surface area contributed by atoms with E-state index in [0.29, 0.717) is 6.42 Å². The van der Waals surface area contributed by atoms with Gasteiger partial charge >= 0.3 is 24.0 Å². The van der Waals surface area contributed by atoms with Crippen LogP contribution in [0.25, 0.3) is 0 Å². The molecule has 0 aromatic carbocycles. The third kappa shape index (κ3) is 7.01. The Hall–Kier alpha value is -2.32. The molecule has 0 radical (unpaired) electrons. The molecule has 1 amide bonds. The first kappa shape index (κ1) is 23.7. The van der Waals surface area contributed by atoms with Gasteiger partial charge in [-0.2, -0.15) is 0 Å². The summed E-state index contributed by atoms with van der Waals surface area (Å²) in [4.78, 5) is 49.0. The first-order chi connectivity index (χ1) is 12.9. The number of hydrogen-bond donors (Lipinski definition) is 1. The van der Waals surface area contributed by atoms with Crippen LogP contribution in [-0.4, -0.2) is 54.5 Å². The van der Waals surface area contributed by atoms with E-state index in [1.54, 1.807) is 41.5 Å². The van der Waals surface area contributed by atoms with E-state index in [1.165, 1.54) is 6.92 Å². The molecule has 0 aromatic rings. The zero-order chi connectivity index (χ0) is 21.6. The minimum atomic E-state index is -1.24. The van der Waals surface area contributed by atoms with Gasteiger partial charge < -0.3 is 24.3 Å². The second-order valence-corrected chi connectivity index (χ2v) is 8.04. The fraction of sp³-hybridized carbons (Fsp3) is 0.789. The molecule has 9 nitrogen and oxygen atoms in total. The molecule has 4 atom stereocenters. The number of cyclic esters (lactones) is 2. The third-order valence-electron chi connectivity index (χ3n) is 4.00. The molecule has 1 aliphatic rings. The van der Waals surface area contributed by atoms with Crippen molar-refractivity contribution in [2.45, 2.75) is 78.7 Å². The average molecular weight is 401 g/mol. The predicted molar refractivity (Wildman–Crippen MR) is 98.2 cm³/mol. The SMILES string of the molecule is CCC1C(=O)OCC(NC(=O)OC(C)(C)C)C(=O)OC(C)C1OC(=O)C(C)C. The molecule has 1 fully saturated rings. The van der Waals surface area contributed by atoms with Crippen LogP contribution >= 0.6 is 0 Å². The van der Waals surface area contributed by atoms with Crippen molar-refractivity contribution in [2.24, 2.45) is 11.8 Å². The number of esters is 3. The number of carbonyl (C=O) groups is 4. The number of nitrogens with one attached hydrogen (secondary N) is 1. The molecule has 1 heterocycles. The summed E-state index contributed by atoms with van der Waals surface area (Å²) in [5.41, 5.74) is -0.764. The van der Waals surface area contributed by atoms with Crippen molar-refractivity contribution in [2.75, 3.05) is 6.61 Å². The molecule has 0 saturated carbocycles. The van der Waals surface area contributed by atoms with E-state index in [-0.39, 0.29) is 0 Å². The van der Waals surface area contributed by atoms with Crippen molar-refractivity contribution >= 4 is 24.0 Å². The van der Waals surface area contributed by atoms with Gasteiger partial charge in [0.05, 0.1) is 11.8 Å². The highest BCUT2D eigenvalue weighted by atomic mass is 16.6. The minimum Gasteiger partial charge on any atom is -0.463 e. The van der Waals surface area contributed by atoms with E-state index < -0.39 is 66.3 Å². The summed E-state index contributed by atoms with van der Waals surface area (Å²) >= 11 is 0. The number of amides is 1. The second kappa shape index (κ2) is 9.75. The van der Waals surface area contributed by atoms with E-state index in [0.717, 1.165) is 0 Å². The number of hydrogen-bond acceptors (Lipinski definition) is 8. The maximum atomic E-state index is 12.5. The Morgan fingerprint density at radius 3 is 2.32 bits per heavy atom. The van der Waals surface area contributed by atoms with Crippen LogP contribution in [-0.2, 0) is 33.3 Å². The minimum absolute atomic E-state index is 0.320. The summed E-state index contributed by atoms with van der Waals surface area (Å²) in [7, 11) is 0. The number of alkyl carbamates (subject to hydrolysis) is 1. The van der Waals surface area contributed by atoms with Gasteiger partial charge in [-0.25, -0.2) is 9.59 Å². The molecule has 28 heavy (non-hydrogen) atoms. The Kier molecular flexibility index (Phi) is 8.26. The van der Waals surface area contributed by atoms with Gasteiger partial charge in [0.15, 0.2) is 12.1 Å². The molecule has 1 N–H and O–H groups in total. The Bertz CT molecular complexity index is 595. The zero-order valence-corrected chi connectivity index (χ0v) is 17.6. The van der Waals surface area contributed by atoms with Crippen LogP contribution in [0.5, 0.6) is 0 Å². The summed E-state index contributed by atoms with van der Waals surface area (Å²) < 4.78 is 21.1. The van der Waals surface area contributed by atoms with Crippen molar-refractivity contribution in [3.05, 3.63) is 0 Å². The van der Waals surface area contributed by atoms with Gasteiger partial charge in [-0.1, -0.05) is 20.8 Å². The number of rotatable bonds is 4. The van der Waals surface area contributed by atoms with Crippen molar-refractivity contribution in [1.82, 2.24) is 5.32 Å². The Labute approximate surface area is 165 Å². The van der Waals surface area contributed by atoms with E-state index in [9.17, 15) is 19.2 Å². The van der Waals surface area contributed by atoms with E-state index in [2.05, 4.69) is 5.32 Å². The van der Waals surface area contributed by atoms with Gasteiger partial charge in [-0.05, 0) is 34.1 Å². The van der Waals surface area contributed by atoms with Gasteiger partial charge in [0.1, 0.15) is 18.3 Å². The molecule has 9 heteroatoms. The quantitative estimate of drug-likeness (QED) is 0.561. The van der Waals surface area contributed by atoms with Crippen molar-refractivity contribution < 1.29 is 38.1 Å². The smallest absolute Gasteiger partial charge is 0.408 e. The van der Waals surface area contributed by atoms with Crippen molar-refractivity contribution in [3.63, 3.8) is 0 Å². The number of carbonyl (C=O) groups excluding carboxylic acids is 4.